The molecule has 0 spiro atoms. The lowest BCUT2D eigenvalue weighted by molar-refractivity contribution is -0.136. The zero-order valence-corrected chi connectivity index (χ0v) is 10.8. The Kier molecular flexibility index (Phi) is 5.01. The van der Waals surface area contributed by atoms with Crippen molar-refractivity contribution < 1.29 is 9.90 Å². The molecule has 0 aliphatic carbocycles. The van der Waals surface area contributed by atoms with Crippen LogP contribution in [-0.2, 0) is 11.2 Å². The number of aliphatic carboxylic acids is 1. The van der Waals surface area contributed by atoms with E-state index in [-0.39, 0.29) is 6.42 Å². The minimum Gasteiger partial charge on any atom is -0.481 e. The van der Waals surface area contributed by atoms with Crippen LogP contribution in [0.25, 0.3) is 0 Å². The molecule has 0 unspecified atom stereocenters. The average Bonchev–Trinajstić information content (AvgIpc) is 2.26. The summed E-state index contributed by atoms with van der Waals surface area (Å²) < 4.78 is 0. The van der Waals surface area contributed by atoms with Gasteiger partial charge in [0.05, 0.1) is 6.42 Å². The Morgan fingerprint density at radius 2 is 1.88 bits per heavy atom. The molecule has 3 heteroatoms. The van der Waals surface area contributed by atoms with E-state index in [1.54, 1.807) is 0 Å². The second-order valence-electron chi connectivity index (χ2n) is 4.83. The summed E-state index contributed by atoms with van der Waals surface area (Å²) in [5, 5.41) is 8.63. The number of carbonyl (C=O) groups is 1. The first-order valence-corrected chi connectivity index (χ1v) is 6.01. The highest BCUT2D eigenvalue weighted by molar-refractivity contribution is 5.67. The molecular formula is C14H21NO2. The number of benzene rings is 1. The van der Waals surface area contributed by atoms with E-state index in [0.29, 0.717) is 12.5 Å². The van der Waals surface area contributed by atoms with Crippen molar-refractivity contribution in [2.45, 2.75) is 26.7 Å². The van der Waals surface area contributed by atoms with E-state index in [1.807, 2.05) is 11.9 Å². The van der Waals surface area contributed by atoms with E-state index in [0.717, 1.165) is 12.1 Å². The van der Waals surface area contributed by atoms with Gasteiger partial charge in [0, 0.05) is 19.3 Å². The van der Waals surface area contributed by atoms with Crippen LogP contribution in [0.4, 0.5) is 5.69 Å². The maximum absolute atomic E-state index is 10.5. The first kappa shape index (κ1) is 13.6. The predicted molar refractivity (Wildman–Crippen MR) is 70.5 cm³/mol. The molecule has 1 N–H and O–H groups in total. The smallest absolute Gasteiger partial charge is 0.305 e. The summed E-state index contributed by atoms with van der Waals surface area (Å²) in [4.78, 5) is 12.4. The lowest BCUT2D eigenvalue weighted by atomic mass is 10.0. The Morgan fingerprint density at radius 3 is 2.35 bits per heavy atom. The first-order valence-electron chi connectivity index (χ1n) is 6.01. The summed E-state index contributed by atoms with van der Waals surface area (Å²) >= 11 is 0. The summed E-state index contributed by atoms with van der Waals surface area (Å²) in [6, 6.07) is 8.35. The molecule has 0 saturated carbocycles. The predicted octanol–water partition coefficient (Wildman–Crippen LogP) is 2.80. The molecule has 0 bridgehead atoms. The van der Waals surface area contributed by atoms with Crippen LogP contribution in [0, 0.1) is 5.92 Å². The van der Waals surface area contributed by atoms with Gasteiger partial charge in [0.1, 0.15) is 0 Å². The molecule has 0 fully saturated rings. The third-order valence-electron chi connectivity index (χ3n) is 2.68. The van der Waals surface area contributed by atoms with Crippen LogP contribution in [0.1, 0.15) is 25.8 Å². The molecule has 0 saturated heterocycles. The van der Waals surface area contributed by atoms with E-state index in [2.05, 4.69) is 38.1 Å². The molecule has 0 radical (unpaired) electrons. The molecule has 0 aliphatic rings. The van der Waals surface area contributed by atoms with Crippen molar-refractivity contribution in [1.82, 2.24) is 0 Å². The molecular weight excluding hydrogens is 214 g/mol. The van der Waals surface area contributed by atoms with Crippen molar-refractivity contribution in [3.8, 4) is 0 Å². The van der Waals surface area contributed by atoms with Gasteiger partial charge in [-0.1, -0.05) is 26.0 Å². The molecule has 0 aromatic heterocycles. The number of carboxylic acid groups (broad SMARTS) is 1. The standard InChI is InChI=1S/C14H21NO2/c1-11(2)10-12-4-6-13(7-5-12)15(3)9-8-14(16)17/h4-7,11H,8-10H2,1-3H3,(H,16,17). The third kappa shape index (κ3) is 4.89. The van der Waals surface area contributed by atoms with Crippen molar-refractivity contribution in [1.29, 1.82) is 0 Å². The number of anilines is 1. The number of carboxylic acids is 1. The lowest BCUT2D eigenvalue weighted by Gasteiger charge is -2.18. The van der Waals surface area contributed by atoms with Crippen molar-refractivity contribution in [3.63, 3.8) is 0 Å². The van der Waals surface area contributed by atoms with Gasteiger partial charge < -0.3 is 10.0 Å². The highest BCUT2D eigenvalue weighted by Gasteiger charge is 2.04. The van der Waals surface area contributed by atoms with Crippen molar-refractivity contribution >= 4 is 11.7 Å². The van der Waals surface area contributed by atoms with Crippen LogP contribution >= 0.6 is 0 Å². The van der Waals surface area contributed by atoms with Crippen LogP contribution in [0.5, 0.6) is 0 Å². The van der Waals surface area contributed by atoms with Crippen LogP contribution in [0.3, 0.4) is 0 Å². The topological polar surface area (TPSA) is 40.5 Å². The van der Waals surface area contributed by atoms with Gasteiger partial charge in [0.25, 0.3) is 0 Å². The minimum atomic E-state index is -0.756. The van der Waals surface area contributed by atoms with Crippen molar-refractivity contribution in [2.24, 2.45) is 5.92 Å². The monoisotopic (exact) mass is 235 g/mol. The Bertz CT molecular complexity index is 357. The van der Waals surface area contributed by atoms with Crippen LogP contribution in [-0.4, -0.2) is 24.7 Å². The molecule has 0 atom stereocenters. The zero-order chi connectivity index (χ0) is 12.8. The van der Waals surface area contributed by atoms with E-state index in [4.69, 9.17) is 5.11 Å². The zero-order valence-electron chi connectivity index (χ0n) is 10.8. The molecule has 17 heavy (non-hydrogen) atoms. The summed E-state index contributed by atoms with van der Waals surface area (Å²) in [6.45, 7) is 4.94. The lowest BCUT2D eigenvalue weighted by Crippen LogP contribution is -2.20. The Balaban J connectivity index is 2.57. The highest BCUT2D eigenvalue weighted by atomic mass is 16.4. The Labute approximate surface area is 103 Å². The Morgan fingerprint density at radius 1 is 1.29 bits per heavy atom. The number of hydrogen-bond donors (Lipinski definition) is 1. The van der Waals surface area contributed by atoms with Crippen LogP contribution < -0.4 is 4.90 Å². The van der Waals surface area contributed by atoms with Gasteiger partial charge in [0.15, 0.2) is 0 Å². The molecule has 0 aliphatic heterocycles. The average molecular weight is 235 g/mol. The first-order chi connectivity index (χ1) is 7.99. The fraction of sp³-hybridized carbons (Fsp3) is 0.500. The summed E-state index contributed by atoms with van der Waals surface area (Å²) in [5.41, 5.74) is 2.40. The molecule has 1 aromatic rings. The summed E-state index contributed by atoms with van der Waals surface area (Å²) in [5.74, 6) is -0.0983. The van der Waals surface area contributed by atoms with Gasteiger partial charge in [-0.3, -0.25) is 4.79 Å². The second kappa shape index (κ2) is 6.28. The number of rotatable bonds is 6. The van der Waals surface area contributed by atoms with E-state index in [1.165, 1.54) is 5.56 Å². The summed E-state index contributed by atoms with van der Waals surface area (Å²) in [7, 11) is 1.92. The molecule has 1 aromatic carbocycles. The van der Waals surface area contributed by atoms with Gasteiger partial charge in [-0.05, 0) is 30.0 Å². The van der Waals surface area contributed by atoms with Gasteiger partial charge in [-0.15, -0.1) is 0 Å². The summed E-state index contributed by atoms with van der Waals surface area (Å²) in [6.07, 6.45) is 1.25. The molecule has 3 nitrogen and oxygen atoms in total. The largest absolute Gasteiger partial charge is 0.481 e. The molecule has 94 valence electrons. The van der Waals surface area contributed by atoms with Crippen molar-refractivity contribution in [3.05, 3.63) is 29.8 Å². The van der Waals surface area contributed by atoms with E-state index >= 15 is 0 Å². The molecule has 0 amide bonds. The third-order valence-corrected chi connectivity index (χ3v) is 2.68. The van der Waals surface area contributed by atoms with Crippen LogP contribution in [0.2, 0.25) is 0 Å². The van der Waals surface area contributed by atoms with Gasteiger partial charge >= 0.3 is 5.97 Å². The fourth-order valence-electron chi connectivity index (χ4n) is 1.75. The normalized spacial score (nSPS) is 10.6. The minimum absolute atomic E-state index is 0.171. The number of nitrogens with zero attached hydrogens (tertiary/aromatic N) is 1. The maximum Gasteiger partial charge on any atom is 0.305 e. The fourth-order valence-corrected chi connectivity index (χ4v) is 1.75. The quantitative estimate of drug-likeness (QED) is 0.824. The van der Waals surface area contributed by atoms with Gasteiger partial charge in [0.2, 0.25) is 0 Å². The molecule has 1 rings (SSSR count). The van der Waals surface area contributed by atoms with E-state index in [9.17, 15) is 4.79 Å². The SMILES string of the molecule is CC(C)Cc1ccc(N(C)CCC(=O)O)cc1. The molecule has 0 heterocycles. The van der Waals surface area contributed by atoms with Crippen LogP contribution in [0.15, 0.2) is 24.3 Å². The Hall–Kier alpha value is -1.51. The van der Waals surface area contributed by atoms with Gasteiger partial charge in [-0.2, -0.15) is 0 Å². The van der Waals surface area contributed by atoms with Crippen molar-refractivity contribution in [2.75, 3.05) is 18.5 Å². The second-order valence-corrected chi connectivity index (χ2v) is 4.83. The highest BCUT2D eigenvalue weighted by Crippen LogP contribution is 2.16. The maximum atomic E-state index is 10.5. The van der Waals surface area contributed by atoms with E-state index < -0.39 is 5.97 Å². The van der Waals surface area contributed by atoms with Gasteiger partial charge in [-0.25, -0.2) is 0 Å². The number of hydrogen-bond acceptors (Lipinski definition) is 2.